The maximum absolute atomic E-state index is 12.8. The first-order valence-electron chi connectivity index (χ1n) is 8.86. The van der Waals surface area contributed by atoms with E-state index in [1.54, 1.807) is 37.3 Å². The number of nitrogens with zero attached hydrogens (tertiary/aromatic N) is 2. The molecule has 9 nitrogen and oxygen atoms in total. The summed E-state index contributed by atoms with van der Waals surface area (Å²) >= 11 is 0. The molecule has 0 unspecified atom stereocenters. The zero-order valence-electron chi connectivity index (χ0n) is 16.0. The molecule has 3 aromatic rings. The number of carbonyl (C=O) groups excluding carboxylic acids is 1. The number of amides is 1. The van der Waals surface area contributed by atoms with E-state index in [4.69, 9.17) is 0 Å². The number of anilines is 1. The Hall–Kier alpha value is -3.40. The number of sulfonamides is 1. The maximum Gasteiger partial charge on any atom is 0.347 e. The first-order chi connectivity index (χ1) is 13.8. The summed E-state index contributed by atoms with van der Waals surface area (Å²) < 4.78 is 29.4. The number of rotatable bonds is 7. The highest BCUT2D eigenvalue weighted by molar-refractivity contribution is 7.92. The molecule has 1 heterocycles. The number of H-pyrrole nitrogens is 1. The van der Waals surface area contributed by atoms with Gasteiger partial charge in [0.15, 0.2) is 0 Å². The summed E-state index contributed by atoms with van der Waals surface area (Å²) in [5, 5.41) is 8.70. The molecule has 0 aliphatic heterocycles. The lowest BCUT2D eigenvalue weighted by Crippen LogP contribution is -2.22. The lowest BCUT2D eigenvalue weighted by Gasteiger charge is -2.14. The third-order valence-electron chi connectivity index (χ3n) is 4.38. The molecule has 0 aliphatic carbocycles. The van der Waals surface area contributed by atoms with E-state index in [0.717, 1.165) is 5.56 Å². The highest BCUT2D eigenvalue weighted by Crippen LogP contribution is 2.24. The van der Waals surface area contributed by atoms with Crippen molar-refractivity contribution in [3.05, 3.63) is 70.4 Å². The van der Waals surface area contributed by atoms with E-state index in [0.29, 0.717) is 29.9 Å². The van der Waals surface area contributed by atoms with Crippen LogP contribution >= 0.6 is 0 Å². The van der Waals surface area contributed by atoms with Gasteiger partial charge in [0.25, 0.3) is 10.0 Å². The Morgan fingerprint density at radius 3 is 2.52 bits per heavy atom. The molecule has 0 atom stereocenters. The van der Waals surface area contributed by atoms with E-state index < -0.39 is 15.7 Å². The van der Waals surface area contributed by atoms with Crippen molar-refractivity contribution in [3.63, 3.8) is 0 Å². The average Bonchev–Trinajstić information content (AvgIpc) is 3.09. The molecule has 2 aromatic carbocycles. The molecule has 152 valence electrons. The zero-order valence-corrected chi connectivity index (χ0v) is 16.8. The van der Waals surface area contributed by atoms with E-state index in [2.05, 4.69) is 20.2 Å². The van der Waals surface area contributed by atoms with Crippen LogP contribution in [0.5, 0.6) is 0 Å². The predicted octanol–water partition coefficient (Wildman–Crippen LogP) is 1.35. The van der Waals surface area contributed by atoms with Crippen LogP contribution in [-0.4, -0.2) is 35.6 Å². The number of aromatic amines is 1. The summed E-state index contributed by atoms with van der Waals surface area (Å²) in [5.41, 5.74) is 1.98. The molecule has 29 heavy (non-hydrogen) atoms. The van der Waals surface area contributed by atoms with Gasteiger partial charge in [-0.1, -0.05) is 18.2 Å². The highest BCUT2D eigenvalue weighted by Gasteiger charge is 2.17. The van der Waals surface area contributed by atoms with Crippen LogP contribution in [0.2, 0.25) is 0 Å². The second-order valence-corrected chi connectivity index (χ2v) is 8.15. The van der Waals surface area contributed by atoms with Crippen molar-refractivity contribution in [2.45, 2.75) is 25.2 Å². The first kappa shape index (κ1) is 20.3. The van der Waals surface area contributed by atoms with Gasteiger partial charge in [-0.15, -0.1) is 0 Å². The van der Waals surface area contributed by atoms with E-state index >= 15 is 0 Å². The van der Waals surface area contributed by atoms with E-state index in [1.807, 2.05) is 0 Å². The summed E-state index contributed by atoms with van der Waals surface area (Å²) in [5.74, 6) is -0.108. The van der Waals surface area contributed by atoms with Crippen LogP contribution < -0.4 is 15.7 Å². The number of hydrogen-bond donors (Lipinski definition) is 3. The Kier molecular flexibility index (Phi) is 5.83. The first-order valence-corrected chi connectivity index (χ1v) is 10.3. The fourth-order valence-electron chi connectivity index (χ4n) is 2.84. The van der Waals surface area contributed by atoms with Gasteiger partial charge in [0, 0.05) is 13.5 Å². The van der Waals surface area contributed by atoms with Crippen molar-refractivity contribution in [3.8, 4) is 5.69 Å². The molecule has 0 aliphatic rings. The lowest BCUT2D eigenvalue weighted by molar-refractivity contribution is -0.118. The summed E-state index contributed by atoms with van der Waals surface area (Å²) in [6, 6.07) is 11.5. The van der Waals surface area contributed by atoms with Crippen molar-refractivity contribution in [1.82, 2.24) is 20.1 Å². The van der Waals surface area contributed by atoms with Crippen LogP contribution in [0.15, 0.2) is 58.5 Å². The third kappa shape index (κ3) is 4.72. The topological polar surface area (TPSA) is 126 Å². The predicted molar refractivity (Wildman–Crippen MR) is 109 cm³/mol. The van der Waals surface area contributed by atoms with Gasteiger partial charge in [0.1, 0.15) is 6.33 Å². The van der Waals surface area contributed by atoms with Crippen LogP contribution in [0.25, 0.3) is 5.69 Å². The molecule has 0 bridgehead atoms. The quantitative estimate of drug-likeness (QED) is 0.537. The largest absolute Gasteiger partial charge is 0.356 e. The summed E-state index contributed by atoms with van der Waals surface area (Å²) in [7, 11) is -3.81. The fraction of sp³-hybridized carbons (Fsp3) is 0.211. The number of benzene rings is 2. The Morgan fingerprint density at radius 1 is 1.17 bits per heavy atom. The maximum atomic E-state index is 12.8. The molecule has 0 spiro atoms. The van der Waals surface area contributed by atoms with Gasteiger partial charge >= 0.3 is 5.69 Å². The molecular weight excluding hydrogens is 394 g/mol. The van der Waals surface area contributed by atoms with E-state index in [1.165, 1.54) is 30.0 Å². The van der Waals surface area contributed by atoms with Gasteiger partial charge in [0.2, 0.25) is 5.91 Å². The molecule has 1 aromatic heterocycles. The smallest absolute Gasteiger partial charge is 0.347 e. The van der Waals surface area contributed by atoms with Crippen LogP contribution in [-0.2, 0) is 21.2 Å². The van der Waals surface area contributed by atoms with Crippen molar-refractivity contribution < 1.29 is 13.2 Å². The van der Waals surface area contributed by atoms with Crippen molar-refractivity contribution in [2.24, 2.45) is 0 Å². The minimum Gasteiger partial charge on any atom is -0.356 e. The molecule has 3 N–H and O–H groups in total. The highest BCUT2D eigenvalue weighted by atomic mass is 32.2. The van der Waals surface area contributed by atoms with Gasteiger partial charge in [0.05, 0.1) is 16.3 Å². The summed E-state index contributed by atoms with van der Waals surface area (Å²) in [6.07, 6.45) is 1.94. The fourth-order valence-corrected chi connectivity index (χ4v) is 3.96. The number of hydrogen-bond acceptors (Lipinski definition) is 5. The molecule has 10 heteroatoms. The second kappa shape index (κ2) is 8.31. The molecule has 0 fully saturated rings. The second-order valence-electron chi connectivity index (χ2n) is 6.46. The molecular formula is C19H21N5O4S. The van der Waals surface area contributed by atoms with E-state index in [9.17, 15) is 18.0 Å². The Balaban J connectivity index is 1.80. The van der Waals surface area contributed by atoms with E-state index in [-0.39, 0.29) is 10.8 Å². The van der Waals surface area contributed by atoms with Gasteiger partial charge < -0.3 is 5.32 Å². The van der Waals surface area contributed by atoms with Crippen LogP contribution in [0.1, 0.15) is 18.1 Å². The van der Waals surface area contributed by atoms with Crippen molar-refractivity contribution >= 4 is 21.6 Å². The summed E-state index contributed by atoms with van der Waals surface area (Å²) in [4.78, 5) is 22.8. The monoisotopic (exact) mass is 415 g/mol. The molecule has 0 saturated carbocycles. The van der Waals surface area contributed by atoms with Crippen LogP contribution in [0.4, 0.5) is 5.69 Å². The zero-order chi connectivity index (χ0) is 21.0. The lowest BCUT2D eigenvalue weighted by atomic mass is 10.1. The Labute approximate surface area is 167 Å². The van der Waals surface area contributed by atoms with Crippen molar-refractivity contribution in [1.29, 1.82) is 0 Å². The normalized spacial score (nSPS) is 11.2. The Morgan fingerprint density at radius 2 is 1.90 bits per heavy atom. The van der Waals surface area contributed by atoms with Gasteiger partial charge in [-0.2, -0.15) is 5.10 Å². The Bertz CT molecular complexity index is 1180. The number of nitrogens with one attached hydrogen (secondary N) is 3. The van der Waals surface area contributed by atoms with Crippen molar-refractivity contribution in [2.75, 3.05) is 11.3 Å². The van der Waals surface area contributed by atoms with Gasteiger partial charge in [-0.25, -0.2) is 22.9 Å². The minimum atomic E-state index is -3.81. The summed E-state index contributed by atoms with van der Waals surface area (Å²) in [6.45, 7) is 3.65. The molecule has 3 rings (SSSR count). The van der Waals surface area contributed by atoms with Gasteiger partial charge in [-0.05, 0) is 48.7 Å². The number of aromatic nitrogens is 3. The average molecular weight is 415 g/mol. The molecule has 0 saturated heterocycles. The number of carbonyl (C=O) groups is 1. The molecule has 1 amide bonds. The standard InChI is InChI=1S/C19H21N5O4S/c1-13-17(4-3-5-18(13)24-12-21-22-19(24)26)23-29(27,28)16-8-6-15(7-9-16)10-11-20-14(2)25/h3-9,12,23H,10-11H2,1-2H3,(H,20,25)(H,22,26). The van der Waals surface area contributed by atoms with Crippen LogP contribution in [0, 0.1) is 6.92 Å². The SMILES string of the molecule is CC(=O)NCCc1ccc(S(=O)(=O)Nc2cccc(-n3cn[nH]c3=O)c2C)cc1. The molecule has 0 radical (unpaired) electrons. The van der Waals surface area contributed by atoms with Gasteiger partial charge in [-0.3, -0.25) is 9.52 Å². The third-order valence-corrected chi connectivity index (χ3v) is 5.76. The van der Waals surface area contributed by atoms with Crippen LogP contribution in [0.3, 0.4) is 0 Å². The minimum absolute atomic E-state index is 0.108.